The van der Waals surface area contributed by atoms with E-state index in [1.165, 1.54) is 0 Å². The Bertz CT molecular complexity index is 611. The van der Waals surface area contributed by atoms with Crippen LogP contribution >= 0.6 is 24.0 Å². The molecule has 0 spiro atoms. The molecule has 0 radical (unpaired) electrons. The fraction of sp³-hybridized carbons (Fsp3) is 0.400. The highest BCUT2D eigenvalue weighted by Gasteiger charge is 2.11. The number of fused-ring (bicyclic) bond motifs is 1. The van der Waals surface area contributed by atoms with Crippen molar-refractivity contribution < 1.29 is 4.42 Å². The molecule has 1 heterocycles. The summed E-state index contributed by atoms with van der Waals surface area (Å²) in [6.07, 6.45) is 0. The highest BCUT2D eigenvalue weighted by molar-refractivity contribution is 14.0. The normalized spacial score (nSPS) is 12.3. The number of nitrogens with one attached hydrogen (secondary N) is 1. The largest absolute Gasteiger partial charge is 0.459 e. The molecule has 0 amide bonds. The number of hydrogen-bond acceptors (Lipinski definition) is 2. The second kappa shape index (κ2) is 6.47. The zero-order valence-electron chi connectivity index (χ0n) is 12.4. The molecule has 4 nitrogen and oxygen atoms in total. The lowest BCUT2D eigenvalue weighted by atomic mass is 10.1. The van der Waals surface area contributed by atoms with Crippen LogP contribution in [0, 0.1) is 6.92 Å². The van der Waals surface area contributed by atoms with E-state index in [1.807, 2.05) is 45.9 Å². The summed E-state index contributed by atoms with van der Waals surface area (Å²) in [4.78, 5) is 4.33. The number of para-hydroxylation sites is 1. The van der Waals surface area contributed by atoms with Gasteiger partial charge in [0.05, 0.1) is 0 Å². The topological polar surface area (TPSA) is 63.5 Å². The zero-order valence-corrected chi connectivity index (χ0v) is 14.7. The Hall–Kier alpha value is -1.24. The summed E-state index contributed by atoms with van der Waals surface area (Å²) >= 11 is 0. The monoisotopic (exact) mass is 387 g/mol. The maximum absolute atomic E-state index is 5.85. The second-order valence-electron chi connectivity index (χ2n) is 5.72. The third kappa shape index (κ3) is 4.13. The van der Waals surface area contributed by atoms with Crippen LogP contribution in [0.3, 0.4) is 0 Å². The third-order valence-corrected chi connectivity index (χ3v) is 2.84. The van der Waals surface area contributed by atoms with Crippen LogP contribution in [0.15, 0.2) is 33.7 Å². The molecule has 110 valence electrons. The molecule has 1 aromatic heterocycles. The van der Waals surface area contributed by atoms with Gasteiger partial charge >= 0.3 is 0 Å². The van der Waals surface area contributed by atoms with Crippen molar-refractivity contribution in [3.63, 3.8) is 0 Å². The number of aryl methyl sites for hydroxylation is 1. The average Bonchev–Trinajstić information content (AvgIpc) is 2.62. The van der Waals surface area contributed by atoms with Crippen molar-refractivity contribution in [3.05, 3.63) is 35.6 Å². The van der Waals surface area contributed by atoms with Gasteiger partial charge in [-0.05, 0) is 33.8 Å². The van der Waals surface area contributed by atoms with Crippen molar-refractivity contribution in [3.8, 4) is 0 Å². The van der Waals surface area contributed by atoms with Crippen LogP contribution in [-0.4, -0.2) is 11.5 Å². The van der Waals surface area contributed by atoms with E-state index in [2.05, 4.69) is 16.4 Å². The van der Waals surface area contributed by atoms with Crippen molar-refractivity contribution in [1.82, 2.24) is 5.32 Å². The van der Waals surface area contributed by atoms with Crippen LogP contribution in [0.25, 0.3) is 11.0 Å². The molecule has 1 aromatic carbocycles. The van der Waals surface area contributed by atoms with Gasteiger partial charge in [-0.25, -0.2) is 4.99 Å². The molecule has 2 aromatic rings. The fourth-order valence-corrected chi connectivity index (χ4v) is 1.96. The van der Waals surface area contributed by atoms with Crippen LogP contribution in [0.5, 0.6) is 0 Å². The van der Waals surface area contributed by atoms with E-state index in [1.54, 1.807) is 0 Å². The minimum atomic E-state index is -0.0868. The molecule has 0 saturated heterocycles. The standard InChI is InChI=1S/C15H21N3O.HI/c1-10-11-7-5-6-8-12(11)19-13(10)9-17-14(16)18-15(2,3)4;/h5-8H,9H2,1-4H3,(H3,16,17,18);1H. The predicted octanol–water partition coefficient (Wildman–Crippen LogP) is 3.56. The van der Waals surface area contributed by atoms with E-state index in [0.717, 1.165) is 22.3 Å². The average molecular weight is 387 g/mol. The van der Waals surface area contributed by atoms with Crippen molar-refractivity contribution in [2.24, 2.45) is 10.7 Å². The molecule has 20 heavy (non-hydrogen) atoms. The smallest absolute Gasteiger partial charge is 0.189 e. The van der Waals surface area contributed by atoms with Gasteiger partial charge in [-0.15, -0.1) is 24.0 Å². The van der Waals surface area contributed by atoms with Crippen LogP contribution in [0.4, 0.5) is 0 Å². The Morgan fingerprint density at radius 1 is 1.30 bits per heavy atom. The summed E-state index contributed by atoms with van der Waals surface area (Å²) < 4.78 is 5.79. The van der Waals surface area contributed by atoms with E-state index < -0.39 is 0 Å². The van der Waals surface area contributed by atoms with Gasteiger partial charge in [0.2, 0.25) is 0 Å². The molecule has 0 bridgehead atoms. The van der Waals surface area contributed by atoms with Crippen LogP contribution in [0.2, 0.25) is 0 Å². The van der Waals surface area contributed by atoms with Crippen molar-refractivity contribution in [1.29, 1.82) is 0 Å². The Balaban J connectivity index is 0.00000200. The minimum Gasteiger partial charge on any atom is -0.459 e. The first-order chi connectivity index (χ1) is 8.87. The number of guanidine groups is 1. The lowest BCUT2D eigenvalue weighted by Gasteiger charge is -2.20. The van der Waals surface area contributed by atoms with Crippen molar-refractivity contribution >= 4 is 40.9 Å². The molecule has 0 unspecified atom stereocenters. The van der Waals surface area contributed by atoms with Gasteiger partial charge in [-0.1, -0.05) is 18.2 Å². The SMILES string of the molecule is Cc1c(CN=C(N)NC(C)(C)C)oc2ccccc12.I. The van der Waals surface area contributed by atoms with Gasteiger partial charge in [0, 0.05) is 16.5 Å². The molecule has 0 atom stereocenters. The number of aliphatic imine (C=N–C) groups is 1. The Morgan fingerprint density at radius 3 is 2.55 bits per heavy atom. The van der Waals surface area contributed by atoms with E-state index >= 15 is 0 Å². The number of halogens is 1. The lowest BCUT2D eigenvalue weighted by Crippen LogP contribution is -2.44. The quantitative estimate of drug-likeness (QED) is 0.471. The molecule has 0 fully saturated rings. The third-order valence-electron chi connectivity index (χ3n) is 2.84. The van der Waals surface area contributed by atoms with Gasteiger partial charge in [0.25, 0.3) is 0 Å². The van der Waals surface area contributed by atoms with E-state index in [-0.39, 0.29) is 29.5 Å². The Labute approximate surface area is 136 Å². The summed E-state index contributed by atoms with van der Waals surface area (Å²) in [5.74, 6) is 1.30. The Morgan fingerprint density at radius 2 is 1.95 bits per heavy atom. The van der Waals surface area contributed by atoms with Gasteiger partial charge in [0.15, 0.2) is 5.96 Å². The first-order valence-electron chi connectivity index (χ1n) is 6.42. The minimum absolute atomic E-state index is 0. The van der Waals surface area contributed by atoms with Gasteiger partial charge < -0.3 is 15.5 Å². The number of benzene rings is 1. The number of rotatable bonds is 2. The lowest BCUT2D eigenvalue weighted by molar-refractivity contribution is 0.505. The predicted molar refractivity (Wildman–Crippen MR) is 94.6 cm³/mol. The van der Waals surface area contributed by atoms with Crippen LogP contribution in [-0.2, 0) is 6.54 Å². The first kappa shape index (κ1) is 16.8. The van der Waals surface area contributed by atoms with Crippen LogP contribution in [0.1, 0.15) is 32.1 Å². The van der Waals surface area contributed by atoms with Crippen molar-refractivity contribution in [2.75, 3.05) is 0 Å². The summed E-state index contributed by atoms with van der Waals surface area (Å²) in [7, 11) is 0. The highest BCUT2D eigenvalue weighted by Crippen LogP contribution is 2.25. The zero-order chi connectivity index (χ0) is 14.0. The van der Waals surface area contributed by atoms with Gasteiger partial charge in [-0.3, -0.25) is 0 Å². The highest BCUT2D eigenvalue weighted by atomic mass is 127. The first-order valence-corrected chi connectivity index (χ1v) is 6.42. The summed E-state index contributed by atoms with van der Waals surface area (Å²) in [6, 6.07) is 7.99. The summed E-state index contributed by atoms with van der Waals surface area (Å²) in [5.41, 5.74) is 7.79. The number of nitrogens with zero attached hydrogens (tertiary/aromatic N) is 1. The van der Waals surface area contributed by atoms with Gasteiger partial charge in [-0.2, -0.15) is 0 Å². The Kier molecular flexibility index (Phi) is 5.44. The van der Waals surface area contributed by atoms with Gasteiger partial charge in [0.1, 0.15) is 17.9 Å². The maximum Gasteiger partial charge on any atom is 0.189 e. The van der Waals surface area contributed by atoms with E-state index in [0.29, 0.717) is 12.5 Å². The molecule has 0 aliphatic carbocycles. The molecular formula is C15H22IN3O. The van der Waals surface area contributed by atoms with E-state index in [4.69, 9.17) is 10.2 Å². The number of hydrogen-bond donors (Lipinski definition) is 2. The van der Waals surface area contributed by atoms with Crippen molar-refractivity contribution in [2.45, 2.75) is 39.8 Å². The molecule has 3 N–H and O–H groups in total. The molecule has 0 aliphatic heterocycles. The fourth-order valence-electron chi connectivity index (χ4n) is 1.96. The van der Waals surface area contributed by atoms with Crippen LogP contribution < -0.4 is 11.1 Å². The number of furan rings is 1. The second-order valence-corrected chi connectivity index (χ2v) is 5.72. The van der Waals surface area contributed by atoms with E-state index in [9.17, 15) is 0 Å². The maximum atomic E-state index is 5.85. The summed E-state index contributed by atoms with van der Waals surface area (Å²) in [6.45, 7) is 8.63. The number of nitrogens with two attached hydrogens (primary N) is 1. The molecular weight excluding hydrogens is 365 g/mol. The molecule has 5 heteroatoms. The summed E-state index contributed by atoms with van der Waals surface area (Å²) in [5, 5.41) is 4.26. The molecule has 0 aliphatic rings. The molecule has 0 saturated carbocycles. The molecule has 2 rings (SSSR count).